The van der Waals surface area contributed by atoms with Crippen molar-refractivity contribution in [2.45, 2.75) is 32.1 Å². The number of benzene rings is 2. The van der Waals surface area contributed by atoms with Crippen LogP contribution in [-0.4, -0.2) is 38.9 Å². The molecule has 0 radical (unpaired) electrons. The number of hydrogen-bond donors (Lipinski definition) is 0. The molecular weight excluding hydrogens is 332 g/mol. The summed E-state index contributed by atoms with van der Waals surface area (Å²) < 4.78 is 27.6. The smallest absolute Gasteiger partial charge is 0.243 e. The molecule has 1 saturated heterocycles. The quantitative estimate of drug-likeness (QED) is 0.841. The molecule has 2 aromatic rings. The normalized spacial score (nSPS) is 16.2. The largest absolute Gasteiger partial charge is 0.369 e. The van der Waals surface area contributed by atoms with Gasteiger partial charge in [0.05, 0.1) is 4.90 Å². The predicted molar refractivity (Wildman–Crippen MR) is 103 cm³/mol. The first-order chi connectivity index (χ1) is 11.9. The van der Waals surface area contributed by atoms with Crippen LogP contribution in [0.4, 0.5) is 5.69 Å². The standard InChI is InChI=1S/C20H26N2O2S/c1-4-18-7-9-19(10-8-18)21-11-13-22(14-12-21)25(23,24)20-15-16(2)5-6-17(20)3/h5-10,15H,4,11-14H2,1-3H3. The minimum atomic E-state index is -3.42. The monoisotopic (exact) mass is 358 g/mol. The summed E-state index contributed by atoms with van der Waals surface area (Å²) in [6.07, 6.45) is 1.03. The van der Waals surface area contributed by atoms with Crippen LogP contribution in [0.1, 0.15) is 23.6 Å². The van der Waals surface area contributed by atoms with Crippen molar-refractivity contribution in [2.75, 3.05) is 31.1 Å². The predicted octanol–water partition coefficient (Wildman–Crippen LogP) is 3.38. The summed E-state index contributed by atoms with van der Waals surface area (Å²) in [7, 11) is -3.42. The molecule has 1 aliphatic rings. The Morgan fingerprint density at radius 1 is 0.920 bits per heavy atom. The Balaban J connectivity index is 1.73. The van der Waals surface area contributed by atoms with Gasteiger partial charge in [0.15, 0.2) is 0 Å². The summed E-state index contributed by atoms with van der Waals surface area (Å²) in [4.78, 5) is 2.70. The molecule has 0 bridgehead atoms. The molecule has 0 N–H and O–H groups in total. The van der Waals surface area contributed by atoms with Crippen molar-refractivity contribution in [3.63, 3.8) is 0 Å². The van der Waals surface area contributed by atoms with Crippen LogP contribution in [0, 0.1) is 13.8 Å². The number of piperazine rings is 1. The minimum absolute atomic E-state index is 0.438. The van der Waals surface area contributed by atoms with Gasteiger partial charge in [-0.2, -0.15) is 4.31 Å². The Hall–Kier alpha value is -1.85. The van der Waals surface area contributed by atoms with Crippen LogP contribution < -0.4 is 4.90 Å². The van der Waals surface area contributed by atoms with Gasteiger partial charge in [-0.25, -0.2) is 8.42 Å². The van der Waals surface area contributed by atoms with E-state index in [2.05, 4.69) is 36.1 Å². The Bertz CT molecular complexity index is 836. The highest BCUT2D eigenvalue weighted by Crippen LogP contribution is 2.24. The summed E-state index contributed by atoms with van der Waals surface area (Å²) in [5.74, 6) is 0. The summed E-state index contributed by atoms with van der Waals surface area (Å²) >= 11 is 0. The molecule has 0 saturated carbocycles. The molecule has 3 rings (SSSR count). The van der Waals surface area contributed by atoms with Crippen molar-refractivity contribution < 1.29 is 8.42 Å². The molecule has 0 amide bonds. The molecule has 4 nitrogen and oxygen atoms in total. The average Bonchev–Trinajstić information content (AvgIpc) is 2.64. The van der Waals surface area contributed by atoms with Crippen molar-refractivity contribution in [3.05, 3.63) is 59.2 Å². The molecule has 0 atom stereocenters. The van der Waals surface area contributed by atoms with Gasteiger partial charge in [0.1, 0.15) is 0 Å². The van der Waals surface area contributed by atoms with Crippen molar-refractivity contribution in [3.8, 4) is 0 Å². The van der Waals surface area contributed by atoms with Gasteiger partial charge in [-0.3, -0.25) is 0 Å². The lowest BCUT2D eigenvalue weighted by molar-refractivity contribution is 0.384. The molecular formula is C20H26N2O2S. The van der Waals surface area contributed by atoms with Crippen LogP contribution >= 0.6 is 0 Å². The number of aryl methyl sites for hydroxylation is 3. The number of nitrogens with zero attached hydrogens (tertiary/aromatic N) is 2. The van der Waals surface area contributed by atoms with Crippen molar-refractivity contribution in [1.82, 2.24) is 4.31 Å². The highest BCUT2D eigenvalue weighted by Gasteiger charge is 2.29. The van der Waals surface area contributed by atoms with E-state index in [0.717, 1.165) is 30.6 Å². The van der Waals surface area contributed by atoms with Crippen LogP contribution in [0.2, 0.25) is 0 Å². The molecule has 134 valence electrons. The number of hydrogen-bond acceptors (Lipinski definition) is 3. The third kappa shape index (κ3) is 3.72. The minimum Gasteiger partial charge on any atom is -0.369 e. The van der Waals surface area contributed by atoms with Crippen LogP contribution in [0.5, 0.6) is 0 Å². The molecule has 1 heterocycles. The first-order valence-corrected chi connectivity index (χ1v) is 10.3. The van der Waals surface area contributed by atoms with Crippen LogP contribution in [-0.2, 0) is 16.4 Å². The van der Waals surface area contributed by atoms with E-state index in [1.807, 2.05) is 26.0 Å². The van der Waals surface area contributed by atoms with E-state index in [1.54, 1.807) is 10.4 Å². The SMILES string of the molecule is CCc1ccc(N2CCN(S(=O)(=O)c3cc(C)ccc3C)CC2)cc1. The lowest BCUT2D eigenvalue weighted by atomic mass is 10.1. The molecule has 0 unspecified atom stereocenters. The Morgan fingerprint density at radius 2 is 1.56 bits per heavy atom. The molecule has 25 heavy (non-hydrogen) atoms. The maximum absolute atomic E-state index is 13.0. The number of rotatable bonds is 4. The Morgan fingerprint density at radius 3 is 2.16 bits per heavy atom. The molecule has 2 aromatic carbocycles. The van der Waals surface area contributed by atoms with E-state index >= 15 is 0 Å². The molecule has 0 aromatic heterocycles. The fraction of sp³-hybridized carbons (Fsp3) is 0.400. The van der Waals surface area contributed by atoms with E-state index in [9.17, 15) is 8.42 Å². The average molecular weight is 359 g/mol. The lowest BCUT2D eigenvalue weighted by Crippen LogP contribution is -2.48. The van der Waals surface area contributed by atoms with Gasteiger partial charge in [0.2, 0.25) is 10.0 Å². The van der Waals surface area contributed by atoms with Gasteiger partial charge in [-0.05, 0) is 55.2 Å². The summed E-state index contributed by atoms with van der Waals surface area (Å²) in [6, 6.07) is 14.2. The number of sulfonamides is 1. The van der Waals surface area contributed by atoms with Crippen molar-refractivity contribution >= 4 is 15.7 Å². The van der Waals surface area contributed by atoms with Gasteiger partial charge in [0, 0.05) is 31.9 Å². The van der Waals surface area contributed by atoms with Crippen LogP contribution in [0.25, 0.3) is 0 Å². The summed E-state index contributed by atoms with van der Waals surface area (Å²) in [5, 5.41) is 0. The first-order valence-electron chi connectivity index (χ1n) is 8.83. The third-order valence-corrected chi connectivity index (χ3v) is 6.95. The topological polar surface area (TPSA) is 40.6 Å². The van der Waals surface area contributed by atoms with Gasteiger partial charge < -0.3 is 4.90 Å². The zero-order valence-corrected chi connectivity index (χ0v) is 16.0. The van der Waals surface area contributed by atoms with Gasteiger partial charge >= 0.3 is 0 Å². The summed E-state index contributed by atoms with van der Waals surface area (Å²) in [5.41, 5.74) is 4.27. The Labute approximate surface area is 151 Å². The fourth-order valence-corrected chi connectivity index (χ4v) is 4.99. The molecule has 1 fully saturated rings. The maximum Gasteiger partial charge on any atom is 0.243 e. The highest BCUT2D eigenvalue weighted by molar-refractivity contribution is 7.89. The van der Waals surface area contributed by atoms with Crippen molar-refractivity contribution in [2.24, 2.45) is 0 Å². The zero-order chi connectivity index (χ0) is 18.0. The third-order valence-electron chi connectivity index (χ3n) is 4.91. The van der Waals surface area contributed by atoms with E-state index < -0.39 is 10.0 Å². The van der Waals surface area contributed by atoms with Crippen LogP contribution in [0.15, 0.2) is 47.4 Å². The fourth-order valence-electron chi connectivity index (χ4n) is 3.25. The number of anilines is 1. The van der Waals surface area contributed by atoms with Crippen LogP contribution in [0.3, 0.4) is 0 Å². The van der Waals surface area contributed by atoms with E-state index in [4.69, 9.17) is 0 Å². The molecule has 0 spiro atoms. The lowest BCUT2D eigenvalue weighted by Gasteiger charge is -2.35. The highest BCUT2D eigenvalue weighted by atomic mass is 32.2. The van der Waals surface area contributed by atoms with Crippen molar-refractivity contribution in [1.29, 1.82) is 0 Å². The molecule has 5 heteroatoms. The van der Waals surface area contributed by atoms with Gasteiger partial charge in [0.25, 0.3) is 0 Å². The first kappa shape index (κ1) is 18.0. The second kappa shape index (κ2) is 7.18. The maximum atomic E-state index is 13.0. The molecule has 0 aliphatic carbocycles. The second-order valence-corrected chi connectivity index (χ2v) is 8.59. The van der Waals surface area contributed by atoms with Gasteiger partial charge in [-0.1, -0.05) is 31.2 Å². The second-order valence-electron chi connectivity index (χ2n) is 6.68. The van der Waals surface area contributed by atoms with E-state index in [1.165, 1.54) is 11.3 Å². The Kier molecular flexibility index (Phi) is 5.16. The van der Waals surface area contributed by atoms with E-state index in [0.29, 0.717) is 18.0 Å². The van der Waals surface area contributed by atoms with E-state index in [-0.39, 0.29) is 0 Å². The van der Waals surface area contributed by atoms with Gasteiger partial charge in [-0.15, -0.1) is 0 Å². The summed E-state index contributed by atoms with van der Waals surface area (Å²) in [6.45, 7) is 8.40. The molecule has 1 aliphatic heterocycles. The zero-order valence-electron chi connectivity index (χ0n) is 15.2.